The summed E-state index contributed by atoms with van der Waals surface area (Å²) in [6.07, 6.45) is 0. The molecule has 0 amide bonds. The van der Waals surface area contributed by atoms with Crippen LogP contribution in [0.15, 0.2) is 249 Å². The highest BCUT2D eigenvalue weighted by Crippen LogP contribution is 2.64. The molecule has 0 radical (unpaired) electrons. The fourth-order valence-electron chi connectivity index (χ4n) is 11.8. The Morgan fingerprint density at radius 1 is 0.238 bits per heavy atom. The van der Waals surface area contributed by atoms with Crippen molar-refractivity contribution in [3.8, 4) is 44.5 Å². The van der Waals surface area contributed by atoms with Crippen LogP contribution in [-0.4, -0.2) is 0 Å². The minimum atomic E-state index is -0.477. The van der Waals surface area contributed by atoms with Gasteiger partial charge in [-0.2, -0.15) is 0 Å². The quantitative estimate of drug-likeness (QED) is 0.162. The smallest absolute Gasteiger partial charge is 0.0726 e. The van der Waals surface area contributed by atoms with Crippen molar-refractivity contribution in [3.05, 3.63) is 293 Å². The first-order valence-corrected chi connectivity index (χ1v) is 22.0. The normalized spacial score (nSPS) is 14.0. The minimum Gasteiger partial charge on any atom is -0.310 e. The van der Waals surface area contributed by atoms with E-state index in [0.29, 0.717) is 0 Å². The fraction of sp³-hybridized carbons (Fsp3) is 0.0323. The lowest BCUT2D eigenvalue weighted by Gasteiger charge is -2.34. The minimum absolute atomic E-state index is 0.457. The summed E-state index contributed by atoms with van der Waals surface area (Å²) in [5.41, 5.74) is 23.0. The summed E-state index contributed by atoms with van der Waals surface area (Å²) in [6, 6.07) is 92.7. The molecule has 0 atom stereocenters. The van der Waals surface area contributed by atoms with Gasteiger partial charge in [0.1, 0.15) is 0 Å². The highest BCUT2D eigenvalue weighted by atomic mass is 15.1. The van der Waals surface area contributed by atoms with Crippen LogP contribution in [0.2, 0.25) is 0 Å². The zero-order chi connectivity index (χ0) is 41.5. The van der Waals surface area contributed by atoms with E-state index < -0.39 is 10.8 Å². The topological polar surface area (TPSA) is 3.24 Å². The molecule has 0 saturated heterocycles. The average molecular weight is 800 g/mol. The second-order valence-electron chi connectivity index (χ2n) is 17.1. The highest BCUT2D eigenvalue weighted by Gasteiger charge is 2.52. The van der Waals surface area contributed by atoms with E-state index >= 15 is 0 Å². The van der Waals surface area contributed by atoms with E-state index in [1.54, 1.807) is 0 Å². The number of benzene rings is 10. The molecule has 0 heterocycles. The van der Waals surface area contributed by atoms with Crippen molar-refractivity contribution < 1.29 is 0 Å². The summed E-state index contributed by atoms with van der Waals surface area (Å²) in [5, 5.41) is 0. The van der Waals surface area contributed by atoms with Crippen LogP contribution in [-0.2, 0) is 10.8 Å². The van der Waals surface area contributed by atoms with Crippen molar-refractivity contribution in [3.63, 3.8) is 0 Å². The molecular formula is C62H41N. The van der Waals surface area contributed by atoms with Crippen molar-refractivity contribution in [2.45, 2.75) is 10.8 Å². The van der Waals surface area contributed by atoms with E-state index in [4.69, 9.17) is 0 Å². The lowest BCUT2D eigenvalue weighted by atomic mass is 9.68. The van der Waals surface area contributed by atoms with E-state index in [1.165, 1.54) is 89.0 Å². The third-order valence-corrected chi connectivity index (χ3v) is 14.2. The second-order valence-corrected chi connectivity index (χ2v) is 17.1. The average Bonchev–Trinajstić information content (AvgIpc) is 3.95. The van der Waals surface area contributed by atoms with E-state index in [9.17, 15) is 0 Å². The third kappa shape index (κ3) is 4.88. The molecule has 0 aliphatic heterocycles. The zero-order valence-corrected chi connectivity index (χ0v) is 34.6. The second kappa shape index (κ2) is 13.8. The SMILES string of the molecule is c1ccc(-c2ccccc2N(c2ccc3c(c2)-c2ccccc2C3(c2ccccc2)c2ccccc2)c2ccc3c(c2)C2(c4ccccc4-c4ccccc42)c2ccccc2-3)cc1. The van der Waals surface area contributed by atoms with E-state index in [0.717, 1.165) is 17.1 Å². The van der Waals surface area contributed by atoms with Crippen molar-refractivity contribution in [1.82, 2.24) is 0 Å². The van der Waals surface area contributed by atoms with Gasteiger partial charge >= 0.3 is 0 Å². The highest BCUT2D eigenvalue weighted by molar-refractivity contribution is 5.98. The summed E-state index contributed by atoms with van der Waals surface area (Å²) in [6.45, 7) is 0. The van der Waals surface area contributed by atoms with Crippen LogP contribution < -0.4 is 4.90 Å². The Bertz CT molecular complexity index is 3300. The van der Waals surface area contributed by atoms with E-state index in [2.05, 4.69) is 254 Å². The molecule has 1 heteroatoms. The van der Waals surface area contributed by atoms with Crippen molar-refractivity contribution in [2.24, 2.45) is 0 Å². The Morgan fingerprint density at radius 3 is 1.17 bits per heavy atom. The Hall–Kier alpha value is -8.00. The van der Waals surface area contributed by atoms with Gasteiger partial charge in [0.15, 0.2) is 0 Å². The van der Waals surface area contributed by atoms with Gasteiger partial charge in [-0.05, 0) is 114 Å². The Balaban J connectivity index is 1.09. The molecule has 13 rings (SSSR count). The molecule has 1 spiro atoms. The fourth-order valence-corrected chi connectivity index (χ4v) is 11.8. The predicted molar refractivity (Wildman–Crippen MR) is 260 cm³/mol. The van der Waals surface area contributed by atoms with Crippen LogP contribution >= 0.6 is 0 Å². The maximum absolute atomic E-state index is 2.51. The lowest BCUT2D eigenvalue weighted by molar-refractivity contribution is 0.768. The Labute approximate surface area is 368 Å². The predicted octanol–water partition coefficient (Wildman–Crippen LogP) is 15.5. The van der Waals surface area contributed by atoms with Gasteiger partial charge in [-0.3, -0.25) is 0 Å². The zero-order valence-electron chi connectivity index (χ0n) is 34.6. The molecule has 10 aromatic carbocycles. The Morgan fingerprint density at radius 2 is 0.619 bits per heavy atom. The molecule has 0 saturated carbocycles. The van der Waals surface area contributed by atoms with Crippen molar-refractivity contribution in [1.29, 1.82) is 0 Å². The van der Waals surface area contributed by atoms with Gasteiger partial charge in [-0.25, -0.2) is 0 Å². The van der Waals surface area contributed by atoms with Crippen molar-refractivity contribution >= 4 is 17.1 Å². The monoisotopic (exact) mass is 799 g/mol. The molecule has 63 heavy (non-hydrogen) atoms. The molecule has 0 bridgehead atoms. The van der Waals surface area contributed by atoms with E-state index in [-0.39, 0.29) is 0 Å². The van der Waals surface area contributed by atoms with Gasteiger partial charge in [0.25, 0.3) is 0 Å². The van der Waals surface area contributed by atoms with Gasteiger partial charge in [0, 0.05) is 16.9 Å². The van der Waals surface area contributed by atoms with Crippen LogP contribution in [0.5, 0.6) is 0 Å². The summed E-state index contributed by atoms with van der Waals surface area (Å²) in [5.74, 6) is 0. The molecule has 294 valence electrons. The molecule has 0 aromatic heterocycles. The maximum atomic E-state index is 2.51. The molecule has 10 aromatic rings. The maximum Gasteiger partial charge on any atom is 0.0726 e. The molecule has 0 N–H and O–H groups in total. The molecule has 0 unspecified atom stereocenters. The number of para-hydroxylation sites is 1. The van der Waals surface area contributed by atoms with Gasteiger partial charge in [-0.15, -0.1) is 0 Å². The van der Waals surface area contributed by atoms with Gasteiger partial charge in [0.2, 0.25) is 0 Å². The molecule has 1 nitrogen and oxygen atoms in total. The van der Waals surface area contributed by atoms with Crippen LogP contribution in [0.25, 0.3) is 44.5 Å². The summed E-state index contributed by atoms with van der Waals surface area (Å²) < 4.78 is 0. The first kappa shape index (κ1) is 35.7. The lowest BCUT2D eigenvalue weighted by Crippen LogP contribution is -2.28. The number of nitrogens with zero attached hydrogens (tertiary/aromatic N) is 1. The molecule has 0 fully saturated rings. The number of fused-ring (bicyclic) bond motifs is 13. The van der Waals surface area contributed by atoms with Gasteiger partial charge < -0.3 is 4.90 Å². The van der Waals surface area contributed by atoms with E-state index in [1.807, 2.05) is 0 Å². The van der Waals surface area contributed by atoms with Crippen LogP contribution in [0.1, 0.15) is 44.5 Å². The Kier molecular flexibility index (Phi) is 7.80. The third-order valence-electron chi connectivity index (χ3n) is 14.2. The number of hydrogen-bond acceptors (Lipinski definition) is 1. The summed E-state index contributed by atoms with van der Waals surface area (Å²) in [4.78, 5) is 2.51. The molecular weight excluding hydrogens is 759 g/mol. The van der Waals surface area contributed by atoms with Crippen LogP contribution in [0, 0.1) is 0 Å². The van der Waals surface area contributed by atoms with Crippen LogP contribution in [0.3, 0.4) is 0 Å². The number of rotatable bonds is 6. The summed E-state index contributed by atoms with van der Waals surface area (Å²) >= 11 is 0. The standard InChI is InChI=1S/C62H41N/c1-4-20-42(21-5-1)47-26-14-19-35-60(47)63(45-37-39-58-53(40-45)51-30-13-15-31-54(51)61(58,43-22-6-2-7-23-43)44-24-8-3-9-25-44)46-36-38-52-50-29-12-18-34-57(50)62(59(52)41-46)55-32-16-10-27-48(55)49-28-11-17-33-56(49)62/h1-41H. The largest absolute Gasteiger partial charge is 0.310 e. The van der Waals surface area contributed by atoms with Gasteiger partial charge in [0.05, 0.1) is 16.5 Å². The first-order chi connectivity index (χ1) is 31.3. The van der Waals surface area contributed by atoms with Crippen LogP contribution in [0.4, 0.5) is 17.1 Å². The number of hydrogen-bond donors (Lipinski definition) is 0. The molecule has 3 aliphatic rings. The summed E-state index contributed by atoms with van der Waals surface area (Å²) in [7, 11) is 0. The van der Waals surface area contributed by atoms with Gasteiger partial charge in [-0.1, -0.05) is 218 Å². The first-order valence-electron chi connectivity index (χ1n) is 22.0. The molecule has 3 aliphatic carbocycles. The van der Waals surface area contributed by atoms with Crippen molar-refractivity contribution in [2.75, 3.05) is 4.90 Å². The number of anilines is 3.